The second kappa shape index (κ2) is 3.18. The second-order valence-electron chi connectivity index (χ2n) is 2.80. The summed E-state index contributed by atoms with van der Waals surface area (Å²) in [7, 11) is 0. The third-order valence-corrected chi connectivity index (χ3v) is 2.89. The van der Waals surface area contributed by atoms with E-state index in [1.54, 1.807) is 29.7 Å². The lowest BCUT2D eigenvalue weighted by Gasteiger charge is -2.00. The first-order valence-corrected chi connectivity index (χ1v) is 4.85. The Labute approximate surface area is 80.5 Å². The van der Waals surface area contributed by atoms with Gasteiger partial charge in [-0.2, -0.15) is 0 Å². The van der Waals surface area contributed by atoms with Gasteiger partial charge in [-0.15, -0.1) is 11.3 Å². The molecule has 1 N–H and O–H groups in total. The molecule has 0 aromatic carbocycles. The minimum Gasteiger partial charge on any atom is -0.506 e. The van der Waals surface area contributed by atoms with E-state index in [1.807, 2.05) is 18.4 Å². The number of pyridine rings is 1. The van der Waals surface area contributed by atoms with Crippen molar-refractivity contribution in [2.75, 3.05) is 0 Å². The van der Waals surface area contributed by atoms with Crippen LogP contribution in [0.15, 0.2) is 29.8 Å². The van der Waals surface area contributed by atoms with Crippen LogP contribution in [0.4, 0.5) is 0 Å². The van der Waals surface area contributed by atoms with E-state index in [-0.39, 0.29) is 5.75 Å². The largest absolute Gasteiger partial charge is 0.506 e. The summed E-state index contributed by atoms with van der Waals surface area (Å²) in [4.78, 5) is 5.18. The Morgan fingerprint density at radius 2 is 2.23 bits per heavy atom. The average molecular weight is 191 g/mol. The molecule has 0 fully saturated rings. The van der Waals surface area contributed by atoms with Crippen LogP contribution in [0.1, 0.15) is 5.56 Å². The minimum atomic E-state index is 0.244. The number of nitrogens with zero attached hydrogens (tertiary/aromatic N) is 1. The van der Waals surface area contributed by atoms with E-state index in [9.17, 15) is 5.11 Å². The predicted molar refractivity (Wildman–Crippen MR) is 54.0 cm³/mol. The van der Waals surface area contributed by atoms with E-state index in [1.165, 1.54) is 0 Å². The van der Waals surface area contributed by atoms with E-state index in [0.717, 1.165) is 10.4 Å². The molecule has 0 saturated heterocycles. The molecule has 2 aromatic heterocycles. The fourth-order valence-electron chi connectivity index (χ4n) is 1.19. The normalized spacial score (nSPS) is 10.2. The summed E-state index contributed by atoms with van der Waals surface area (Å²) in [6, 6.07) is 5.40. The van der Waals surface area contributed by atoms with Crippen LogP contribution in [-0.2, 0) is 0 Å². The Hall–Kier alpha value is -1.35. The maximum Gasteiger partial charge on any atom is 0.142 e. The maximum absolute atomic E-state index is 9.55. The molecule has 66 valence electrons. The van der Waals surface area contributed by atoms with Gasteiger partial charge >= 0.3 is 0 Å². The fraction of sp³-hybridized carbons (Fsp3) is 0.100. The number of rotatable bonds is 1. The molecular formula is C10H9NOS. The topological polar surface area (TPSA) is 33.1 Å². The average Bonchev–Trinajstić information content (AvgIpc) is 2.52. The van der Waals surface area contributed by atoms with Crippen molar-refractivity contribution < 1.29 is 5.11 Å². The monoisotopic (exact) mass is 191 g/mol. The van der Waals surface area contributed by atoms with Crippen LogP contribution in [0.5, 0.6) is 5.75 Å². The standard InChI is InChI=1S/C10H9NOS/c1-7-4-6-13-10(7)9-8(12)3-2-5-11-9/h2-6,12H,1H3. The van der Waals surface area contributed by atoms with E-state index in [4.69, 9.17) is 0 Å². The molecule has 2 heterocycles. The zero-order chi connectivity index (χ0) is 9.26. The highest BCUT2D eigenvalue weighted by atomic mass is 32.1. The van der Waals surface area contributed by atoms with Crippen LogP contribution in [0.2, 0.25) is 0 Å². The molecule has 2 rings (SSSR count). The van der Waals surface area contributed by atoms with Crippen molar-refractivity contribution in [2.45, 2.75) is 6.92 Å². The van der Waals surface area contributed by atoms with E-state index < -0.39 is 0 Å². The van der Waals surface area contributed by atoms with Crippen molar-refractivity contribution in [2.24, 2.45) is 0 Å². The quantitative estimate of drug-likeness (QED) is 0.751. The van der Waals surface area contributed by atoms with Gasteiger partial charge in [-0.3, -0.25) is 4.98 Å². The van der Waals surface area contributed by atoms with E-state index in [0.29, 0.717) is 5.69 Å². The van der Waals surface area contributed by atoms with E-state index in [2.05, 4.69) is 4.98 Å². The van der Waals surface area contributed by atoms with Gasteiger partial charge in [0.2, 0.25) is 0 Å². The first-order chi connectivity index (χ1) is 6.29. The third kappa shape index (κ3) is 1.42. The van der Waals surface area contributed by atoms with Crippen LogP contribution < -0.4 is 0 Å². The number of hydrogen-bond acceptors (Lipinski definition) is 3. The molecule has 0 atom stereocenters. The van der Waals surface area contributed by atoms with Gasteiger partial charge in [0.1, 0.15) is 11.4 Å². The number of aryl methyl sites for hydroxylation is 1. The minimum absolute atomic E-state index is 0.244. The molecule has 0 radical (unpaired) electrons. The highest BCUT2D eigenvalue weighted by molar-refractivity contribution is 7.13. The SMILES string of the molecule is Cc1ccsc1-c1ncccc1O. The van der Waals surface area contributed by atoms with Gasteiger partial charge in [-0.1, -0.05) is 0 Å². The molecule has 0 aliphatic carbocycles. The van der Waals surface area contributed by atoms with Gasteiger partial charge in [0.15, 0.2) is 0 Å². The van der Waals surface area contributed by atoms with Crippen LogP contribution >= 0.6 is 11.3 Å². The molecule has 0 unspecified atom stereocenters. The molecule has 3 heteroatoms. The first-order valence-electron chi connectivity index (χ1n) is 3.97. The number of thiophene rings is 1. The van der Waals surface area contributed by atoms with Crippen molar-refractivity contribution in [3.05, 3.63) is 35.3 Å². The van der Waals surface area contributed by atoms with Crippen LogP contribution in [0.25, 0.3) is 10.6 Å². The molecule has 13 heavy (non-hydrogen) atoms. The summed E-state index contributed by atoms with van der Waals surface area (Å²) in [5, 5.41) is 11.5. The zero-order valence-corrected chi connectivity index (χ0v) is 8.01. The first kappa shape index (κ1) is 8.26. The lowest BCUT2D eigenvalue weighted by atomic mass is 10.2. The zero-order valence-electron chi connectivity index (χ0n) is 7.19. The molecule has 0 amide bonds. The van der Waals surface area contributed by atoms with Gasteiger partial charge in [-0.25, -0.2) is 0 Å². The molecule has 0 bridgehead atoms. The molecule has 0 saturated carbocycles. The predicted octanol–water partition coefficient (Wildman–Crippen LogP) is 2.82. The van der Waals surface area contributed by atoms with Gasteiger partial charge < -0.3 is 5.11 Å². The summed E-state index contributed by atoms with van der Waals surface area (Å²) < 4.78 is 0. The summed E-state index contributed by atoms with van der Waals surface area (Å²) >= 11 is 1.59. The van der Waals surface area contributed by atoms with Gasteiger partial charge in [0, 0.05) is 6.20 Å². The van der Waals surface area contributed by atoms with Crippen molar-refractivity contribution in [1.29, 1.82) is 0 Å². The maximum atomic E-state index is 9.55. The highest BCUT2D eigenvalue weighted by Crippen LogP contribution is 2.32. The molecule has 0 aliphatic heterocycles. The van der Waals surface area contributed by atoms with Crippen LogP contribution in [0, 0.1) is 6.92 Å². The number of aromatic hydroxyl groups is 1. The fourth-order valence-corrected chi connectivity index (χ4v) is 2.12. The van der Waals surface area contributed by atoms with Crippen molar-refractivity contribution in [1.82, 2.24) is 4.98 Å². The van der Waals surface area contributed by atoms with Crippen LogP contribution in [-0.4, -0.2) is 10.1 Å². The number of aromatic nitrogens is 1. The molecule has 2 nitrogen and oxygen atoms in total. The molecule has 2 aromatic rings. The Morgan fingerprint density at radius 1 is 1.38 bits per heavy atom. The van der Waals surface area contributed by atoms with Gasteiger partial charge in [0.25, 0.3) is 0 Å². The molecule has 0 aliphatic rings. The molecular weight excluding hydrogens is 182 g/mol. The Balaban J connectivity index is 2.59. The summed E-state index contributed by atoms with van der Waals surface area (Å²) in [6.45, 7) is 2.01. The van der Waals surface area contributed by atoms with Crippen LogP contribution in [0.3, 0.4) is 0 Å². The summed E-state index contributed by atoms with van der Waals surface area (Å²) in [5.41, 5.74) is 1.83. The Morgan fingerprint density at radius 3 is 2.85 bits per heavy atom. The van der Waals surface area contributed by atoms with Crippen molar-refractivity contribution in [3.63, 3.8) is 0 Å². The Kier molecular flexibility index (Phi) is 2.02. The lowest BCUT2D eigenvalue weighted by Crippen LogP contribution is -1.81. The highest BCUT2D eigenvalue weighted by Gasteiger charge is 2.08. The van der Waals surface area contributed by atoms with Gasteiger partial charge in [-0.05, 0) is 36.1 Å². The van der Waals surface area contributed by atoms with Gasteiger partial charge in [0.05, 0.1) is 4.88 Å². The summed E-state index contributed by atoms with van der Waals surface area (Å²) in [6.07, 6.45) is 1.69. The smallest absolute Gasteiger partial charge is 0.142 e. The summed E-state index contributed by atoms with van der Waals surface area (Å²) in [5.74, 6) is 0.244. The lowest BCUT2D eigenvalue weighted by molar-refractivity contribution is 0.475. The van der Waals surface area contributed by atoms with Crippen molar-refractivity contribution >= 4 is 11.3 Å². The molecule has 0 spiro atoms. The van der Waals surface area contributed by atoms with Crippen molar-refractivity contribution in [3.8, 4) is 16.3 Å². The van der Waals surface area contributed by atoms with E-state index >= 15 is 0 Å². The second-order valence-corrected chi connectivity index (χ2v) is 3.72. The third-order valence-electron chi connectivity index (χ3n) is 1.86. The Bertz CT molecular complexity index is 422. The number of hydrogen-bond donors (Lipinski definition) is 1.